The van der Waals surface area contributed by atoms with Crippen LogP contribution < -0.4 is 15.2 Å². The minimum absolute atomic E-state index is 0.0929. The van der Waals surface area contributed by atoms with Gasteiger partial charge >= 0.3 is 0 Å². The SMILES string of the molecule is COc1ccc2oc(-c3ccccc3Cl)cc(=Nc3ccc(C(=O)[O-])cc3)c2c1. The number of fused-ring (bicyclic) bond motifs is 1. The molecule has 1 heterocycles. The summed E-state index contributed by atoms with van der Waals surface area (Å²) in [5, 5.41) is 12.9. The van der Waals surface area contributed by atoms with Crippen LogP contribution in [0.15, 0.2) is 82.2 Å². The quantitative estimate of drug-likeness (QED) is 0.506. The molecular weight excluding hydrogens is 390 g/mol. The Hall–Kier alpha value is -3.57. The van der Waals surface area contributed by atoms with Gasteiger partial charge in [0.05, 0.1) is 29.1 Å². The maximum absolute atomic E-state index is 11.0. The number of hydrogen-bond acceptors (Lipinski definition) is 5. The molecule has 0 atom stereocenters. The predicted octanol–water partition coefficient (Wildman–Crippen LogP) is 4.36. The minimum atomic E-state index is -1.23. The van der Waals surface area contributed by atoms with Gasteiger partial charge in [0, 0.05) is 17.0 Å². The van der Waals surface area contributed by atoms with Crippen LogP contribution in [0.25, 0.3) is 22.3 Å². The molecule has 0 aliphatic heterocycles. The Morgan fingerprint density at radius 3 is 2.48 bits per heavy atom. The van der Waals surface area contributed by atoms with Crippen molar-refractivity contribution in [2.75, 3.05) is 7.11 Å². The van der Waals surface area contributed by atoms with Crippen molar-refractivity contribution >= 4 is 34.2 Å². The van der Waals surface area contributed by atoms with Crippen molar-refractivity contribution < 1.29 is 19.1 Å². The maximum Gasteiger partial charge on any atom is 0.138 e. The molecule has 0 N–H and O–H groups in total. The summed E-state index contributed by atoms with van der Waals surface area (Å²) in [7, 11) is 1.59. The normalized spacial score (nSPS) is 11.6. The molecule has 0 saturated heterocycles. The van der Waals surface area contributed by atoms with Gasteiger partial charge in [0.25, 0.3) is 0 Å². The van der Waals surface area contributed by atoms with Gasteiger partial charge in [0.1, 0.15) is 17.1 Å². The van der Waals surface area contributed by atoms with Gasteiger partial charge in [-0.3, -0.25) is 0 Å². The molecule has 0 amide bonds. The molecule has 29 heavy (non-hydrogen) atoms. The van der Waals surface area contributed by atoms with E-state index in [1.807, 2.05) is 30.3 Å². The third kappa shape index (κ3) is 3.86. The number of hydrogen-bond donors (Lipinski definition) is 0. The first-order valence-electron chi connectivity index (χ1n) is 8.78. The van der Waals surface area contributed by atoms with Gasteiger partial charge in [0.2, 0.25) is 0 Å². The summed E-state index contributed by atoms with van der Waals surface area (Å²) < 4.78 is 11.4. The van der Waals surface area contributed by atoms with E-state index < -0.39 is 5.97 Å². The Balaban J connectivity index is 1.96. The Morgan fingerprint density at radius 2 is 1.79 bits per heavy atom. The second-order valence-corrected chi connectivity index (χ2v) is 6.69. The summed E-state index contributed by atoms with van der Waals surface area (Å²) in [6.45, 7) is 0. The summed E-state index contributed by atoms with van der Waals surface area (Å²) in [6.07, 6.45) is 0. The smallest absolute Gasteiger partial charge is 0.138 e. The molecular formula is C23H15ClNO4-. The number of halogens is 1. The van der Waals surface area contributed by atoms with Crippen molar-refractivity contribution in [1.82, 2.24) is 0 Å². The summed E-state index contributed by atoms with van der Waals surface area (Å²) in [6, 6.07) is 20.8. The second-order valence-electron chi connectivity index (χ2n) is 6.28. The highest BCUT2D eigenvalue weighted by Gasteiger charge is 2.10. The van der Waals surface area contributed by atoms with E-state index in [1.165, 1.54) is 12.1 Å². The number of carboxylic acid groups (broad SMARTS) is 1. The third-order valence-corrected chi connectivity index (χ3v) is 4.77. The van der Waals surface area contributed by atoms with Crippen LogP contribution in [0.5, 0.6) is 5.75 Å². The summed E-state index contributed by atoms with van der Waals surface area (Å²) in [4.78, 5) is 15.7. The molecule has 6 heteroatoms. The van der Waals surface area contributed by atoms with E-state index in [0.29, 0.717) is 33.2 Å². The lowest BCUT2D eigenvalue weighted by Gasteiger charge is -2.08. The number of nitrogens with zero attached hydrogens (tertiary/aromatic N) is 1. The van der Waals surface area contributed by atoms with Crippen LogP contribution in [0.3, 0.4) is 0 Å². The van der Waals surface area contributed by atoms with E-state index in [-0.39, 0.29) is 5.56 Å². The summed E-state index contributed by atoms with van der Waals surface area (Å²) >= 11 is 6.35. The standard InChI is InChI=1S/C23H16ClNO4/c1-28-16-10-11-21-18(12-16)20(25-15-8-6-14(7-9-15)23(26)27)13-22(29-21)17-4-2-3-5-19(17)24/h2-13H,1H3,(H,26,27)/p-1. The molecule has 0 aliphatic carbocycles. The Kier molecular flexibility index (Phi) is 5.06. The highest BCUT2D eigenvalue weighted by Crippen LogP contribution is 2.30. The fourth-order valence-corrected chi connectivity index (χ4v) is 3.20. The molecule has 0 saturated carbocycles. The molecule has 144 valence electrons. The van der Waals surface area contributed by atoms with Crippen LogP contribution in [0, 0.1) is 0 Å². The number of ether oxygens (including phenoxy) is 1. The van der Waals surface area contributed by atoms with E-state index in [2.05, 4.69) is 4.99 Å². The number of carboxylic acids is 1. The van der Waals surface area contributed by atoms with Crippen LogP contribution in [0.2, 0.25) is 5.02 Å². The monoisotopic (exact) mass is 404 g/mol. The first kappa shape index (κ1) is 18.8. The van der Waals surface area contributed by atoms with Crippen molar-refractivity contribution in [3.05, 3.63) is 88.7 Å². The van der Waals surface area contributed by atoms with Gasteiger partial charge in [0.15, 0.2) is 0 Å². The molecule has 4 rings (SSSR count). The predicted molar refractivity (Wildman–Crippen MR) is 109 cm³/mol. The van der Waals surface area contributed by atoms with Gasteiger partial charge < -0.3 is 19.1 Å². The lowest BCUT2D eigenvalue weighted by molar-refractivity contribution is -0.255. The molecule has 0 fully saturated rings. The number of carbonyl (C=O) groups is 1. The first-order valence-corrected chi connectivity index (χ1v) is 9.16. The molecule has 0 radical (unpaired) electrons. The molecule has 3 aromatic carbocycles. The van der Waals surface area contributed by atoms with Crippen molar-refractivity contribution in [1.29, 1.82) is 0 Å². The molecule has 4 aromatic rings. The van der Waals surface area contributed by atoms with E-state index in [4.69, 9.17) is 20.8 Å². The fourth-order valence-electron chi connectivity index (χ4n) is 2.97. The Morgan fingerprint density at radius 1 is 1.03 bits per heavy atom. The number of benzene rings is 3. The van der Waals surface area contributed by atoms with Gasteiger partial charge in [-0.15, -0.1) is 0 Å². The Bertz CT molecular complexity index is 1280. The second kappa shape index (κ2) is 7.81. The van der Waals surface area contributed by atoms with Crippen LogP contribution >= 0.6 is 11.6 Å². The van der Waals surface area contributed by atoms with Crippen molar-refractivity contribution in [2.24, 2.45) is 4.99 Å². The first-order chi connectivity index (χ1) is 14.0. The highest BCUT2D eigenvalue weighted by molar-refractivity contribution is 6.33. The number of methoxy groups -OCH3 is 1. The maximum atomic E-state index is 11.0. The lowest BCUT2D eigenvalue weighted by Crippen LogP contribution is -2.21. The largest absolute Gasteiger partial charge is 0.545 e. The summed E-state index contributed by atoms with van der Waals surface area (Å²) in [5.74, 6) is 0.00608. The van der Waals surface area contributed by atoms with Crippen molar-refractivity contribution in [2.45, 2.75) is 0 Å². The minimum Gasteiger partial charge on any atom is -0.545 e. The zero-order valence-electron chi connectivity index (χ0n) is 15.4. The van der Waals surface area contributed by atoms with Crippen molar-refractivity contribution in [3.63, 3.8) is 0 Å². The number of rotatable bonds is 4. The molecule has 0 bridgehead atoms. The molecule has 0 spiro atoms. The van der Waals surface area contributed by atoms with Crippen LogP contribution in [0.1, 0.15) is 10.4 Å². The van der Waals surface area contributed by atoms with Gasteiger partial charge in [-0.25, -0.2) is 4.99 Å². The lowest BCUT2D eigenvalue weighted by atomic mass is 10.1. The highest BCUT2D eigenvalue weighted by atomic mass is 35.5. The molecule has 0 aliphatic rings. The zero-order valence-corrected chi connectivity index (χ0v) is 16.1. The summed E-state index contributed by atoms with van der Waals surface area (Å²) in [5.41, 5.74) is 2.05. The zero-order chi connectivity index (χ0) is 20.4. The van der Waals surface area contributed by atoms with Gasteiger partial charge in [-0.1, -0.05) is 35.9 Å². The van der Waals surface area contributed by atoms with Gasteiger partial charge in [-0.2, -0.15) is 0 Å². The van der Waals surface area contributed by atoms with Crippen LogP contribution in [-0.2, 0) is 0 Å². The average molecular weight is 405 g/mol. The van der Waals surface area contributed by atoms with Crippen LogP contribution in [0.4, 0.5) is 5.69 Å². The van der Waals surface area contributed by atoms with Gasteiger partial charge in [-0.05, 0) is 48.0 Å². The number of carbonyl (C=O) groups excluding carboxylic acids is 1. The molecule has 0 unspecified atom stereocenters. The molecule has 5 nitrogen and oxygen atoms in total. The van der Waals surface area contributed by atoms with E-state index >= 15 is 0 Å². The number of aromatic carboxylic acids is 1. The van der Waals surface area contributed by atoms with Crippen molar-refractivity contribution in [3.8, 4) is 17.1 Å². The Labute approximate surface area is 171 Å². The topological polar surface area (TPSA) is 74.9 Å². The average Bonchev–Trinajstić information content (AvgIpc) is 2.74. The third-order valence-electron chi connectivity index (χ3n) is 4.44. The fraction of sp³-hybridized carbons (Fsp3) is 0.0435. The van der Waals surface area contributed by atoms with Crippen LogP contribution in [-0.4, -0.2) is 13.1 Å². The molecule has 1 aromatic heterocycles. The van der Waals surface area contributed by atoms with E-state index in [1.54, 1.807) is 37.4 Å². The van der Waals surface area contributed by atoms with E-state index in [0.717, 1.165) is 10.9 Å². The van der Waals surface area contributed by atoms with E-state index in [9.17, 15) is 9.90 Å².